The summed E-state index contributed by atoms with van der Waals surface area (Å²) in [6, 6.07) is 13.1. The van der Waals surface area contributed by atoms with Gasteiger partial charge < -0.3 is 15.6 Å². The lowest BCUT2D eigenvalue weighted by Crippen LogP contribution is -2.26. The minimum absolute atomic E-state index is 0.0308. The zero-order chi connectivity index (χ0) is 29.3. The molecule has 0 aliphatic carbocycles. The second-order valence-electron chi connectivity index (χ2n) is 9.70. The molecule has 0 fully saturated rings. The van der Waals surface area contributed by atoms with E-state index in [0.29, 0.717) is 52.3 Å². The number of rotatable bonds is 8. The Morgan fingerprint density at radius 3 is 2.46 bits per heavy atom. The highest BCUT2D eigenvalue weighted by Gasteiger charge is 2.28. The van der Waals surface area contributed by atoms with Crippen LogP contribution in [0.3, 0.4) is 0 Å². The van der Waals surface area contributed by atoms with Crippen molar-refractivity contribution in [2.45, 2.75) is 30.9 Å². The lowest BCUT2D eigenvalue weighted by Gasteiger charge is -2.10. The molecule has 0 unspecified atom stereocenters. The molecule has 11 heteroatoms. The van der Waals surface area contributed by atoms with Crippen LogP contribution >= 0.6 is 23.2 Å². The molecule has 0 radical (unpaired) electrons. The lowest BCUT2D eigenvalue weighted by molar-refractivity contribution is -0.110. The minimum Gasteiger partial charge on any atom is -0.358 e. The number of H-pyrrole nitrogens is 1. The molecule has 0 atom stereocenters. The fourth-order valence-electron chi connectivity index (χ4n) is 4.81. The van der Waals surface area contributed by atoms with E-state index in [-0.39, 0.29) is 38.1 Å². The van der Waals surface area contributed by atoms with Crippen LogP contribution in [0.4, 0.5) is 5.69 Å². The van der Waals surface area contributed by atoms with Crippen molar-refractivity contribution in [3.63, 3.8) is 0 Å². The molecular weight excluding hydrogens is 583 g/mol. The van der Waals surface area contributed by atoms with Gasteiger partial charge in [-0.2, -0.15) is 0 Å². The standard InChI is InChI=1S/C30H26Cl2N4O4S/c1-17-27(35-18(2)28(17)30(38)34-13-10-19-8-11-33-12-9-19)15-22-21-14-20(6-7-26(21)36-29(22)37)41(39,40)16-23-24(31)4-3-5-25(23)32/h3-9,11-12,14-15,35H,10,13,16H2,1-2H3,(H,34,38)(H,36,37)/b22-15-. The number of amides is 2. The van der Waals surface area contributed by atoms with E-state index in [0.717, 1.165) is 5.56 Å². The predicted molar refractivity (Wildman–Crippen MR) is 161 cm³/mol. The molecule has 0 saturated heterocycles. The van der Waals surface area contributed by atoms with Gasteiger partial charge in [0.15, 0.2) is 9.84 Å². The SMILES string of the molecule is Cc1[nH]c(/C=C2\C(=O)Nc3ccc(S(=O)(=O)Cc4c(Cl)cccc4Cl)cc32)c(C)c1C(=O)NCCc1ccncc1. The minimum atomic E-state index is -3.84. The van der Waals surface area contributed by atoms with Gasteiger partial charge in [0.25, 0.3) is 11.8 Å². The van der Waals surface area contributed by atoms with Crippen LogP contribution in [0.2, 0.25) is 10.0 Å². The van der Waals surface area contributed by atoms with Crippen LogP contribution in [0.25, 0.3) is 11.6 Å². The van der Waals surface area contributed by atoms with Crippen LogP contribution < -0.4 is 10.6 Å². The van der Waals surface area contributed by atoms with Crippen LogP contribution in [-0.2, 0) is 26.8 Å². The molecule has 0 saturated carbocycles. The third-order valence-electron chi connectivity index (χ3n) is 6.97. The number of benzene rings is 2. The second-order valence-corrected chi connectivity index (χ2v) is 12.5. The van der Waals surface area contributed by atoms with Gasteiger partial charge in [0, 0.05) is 57.2 Å². The van der Waals surface area contributed by atoms with Crippen molar-refractivity contribution in [2.24, 2.45) is 0 Å². The fraction of sp³-hybridized carbons (Fsp3) is 0.167. The number of aromatic amines is 1. The maximum Gasteiger partial charge on any atom is 0.256 e. The number of carbonyl (C=O) groups excluding carboxylic acids is 2. The highest BCUT2D eigenvalue weighted by molar-refractivity contribution is 7.90. The zero-order valence-electron chi connectivity index (χ0n) is 22.2. The number of fused-ring (bicyclic) bond motifs is 1. The lowest BCUT2D eigenvalue weighted by atomic mass is 10.0. The summed E-state index contributed by atoms with van der Waals surface area (Å²) < 4.78 is 26.6. The summed E-state index contributed by atoms with van der Waals surface area (Å²) in [6.07, 6.45) is 5.72. The van der Waals surface area contributed by atoms with Crippen molar-refractivity contribution in [1.82, 2.24) is 15.3 Å². The van der Waals surface area contributed by atoms with E-state index >= 15 is 0 Å². The van der Waals surface area contributed by atoms with Gasteiger partial charge in [-0.1, -0.05) is 29.3 Å². The first-order chi connectivity index (χ1) is 19.5. The van der Waals surface area contributed by atoms with Crippen LogP contribution in [0.15, 0.2) is 65.8 Å². The number of sulfone groups is 1. The molecule has 4 aromatic rings. The van der Waals surface area contributed by atoms with Crippen molar-refractivity contribution in [2.75, 3.05) is 11.9 Å². The number of aryl methyl sites for hydroxylation is 1. The van der Waals surface area contributed by atoms with Gasteiger partial charge >= 0.3 is 0 Å². The molecule has 0 bridgehead atoms. The average molecular weight is 610 g/mol. The highest BCUT2D eigenvalue weighted by atomic mass is 35.5. The largest absolute Gasteiger partial charge is 0.358 e. The van der Waals surface area contributed by atoms with E-state index in [9.17, 15) is 18.0 Å². The number of anilines is 1. The van der Waals surface area contributed by atoms with Gasteiger partial charge in [0.2, 0.25) is 0 Å². The number of hydrogen-bond acceptors (Lipinski definition) is 5. The van der Waals surface area contributed by atoms with E-state index in [1.807, 2.05) is 12.1 Å². The van der Waals surface area contributed by atoms with E-state index in [1.165, 1.54) is 12.1 Å². The second kappa shape index (κ2) is 11.5. The van der Waals surface area contributed by atoms with Gasteiger partial charge in [-0.3, -0.25) is 14.6 Å². The molecule has 8 nitrogen and oxygen atoms in total. The molecule has 2 amide bonds. The molecule has 2 aromatic heterocycles. The van der Waals surface area contributed by atoms with E-state index < -0.39 is 9.84 Å². The molecule has 3 heterocycles. The summed E-state index contributed by atoms with van der Waals surface area (Å²) in [7, 11) is -3.84. The molecule has 0 spiro atoms. The number of nitrogens with zero attached hydrogens (tertiary/aromatic N) is 1. The Morgan fingerprint density at radius 1 is 1.05 bits per heavy atom. The Kier molecular flexibility index (Phi) is 8.04. The zero-order valence-corrected chi connectivity index (χ0v) is 24.5. The fourth-order valence-corrected chi connectivity index (χ4v) is 6.93. The monoisotopic (exact) mass is 608 g/mol. The van der Waals surface area contributed by atoms with E-state index in [4.69, 9.17) is 23.2 Å². The van der Waals surface area contributed by atoms with Gasteiger partial charge in [0.1, 0.15) is 0 Å². The maximum absolute atomic E-state index is 13.3. The normalized spacial score (nSPS) is 13.8. The number of hydrogen-bond donors (Lipinski definition) is 3. The van der Waals surface area contributed by atoms with Crippen molar-refractivity contribution >= 4 is 62.2 Å². The van der Waals surface area contributed by atoms with Gasteiger partial charge in [-0.05, 0) is 79.9 Å². The Balaban J connectivity index is 1.41. The van der Waals surface area contributed by atoms with Gasteiger partial charge in [0.05, 0.1) is 21.8 Å². The first-order valence-corrected chi connectivity index (χ1v) is 15.2. The molecule has 41 heavy (non-hydrogen) atoms. The smallest absolute Gasteiger partial charge is 0.256 e. The molecule has 2 aromatic carbocycles. The Labute approximate surface area is 247 Å². The number of nitrogens with one attached hydrogen (secondary N) is 3. The Hall–Kier alpha value is -3.92. The third kappa shape index (κ3) is 5.93. The first kappa shape index (κ1) is 28.6. The molecular formula is C30H26Cl2N4O4S. The topological polar surface area (TPSA) is 121 Å². The van der Waals surface area contributed by atoms with E-state index in [2.05, 4.69) is 20.6 Å². The summed E-state index contributed by atoms with van der Waals surface area (Å²) in [5, 5.41) is 6.24. The predicted octanol–water partition coefficient (Wildman–Crippen LogP) is 5.77. The maximum atomic E-state index is 13.3. The number of carbonyl (C=O) groups is 2. The molecule has 1 aliphatic rings. The third-order valence-corrected chi connectivity index (χ3v) is 9.32. The van der Waals surface area contributed by atoms with Crippen LogP contribution in [0, 0.1) is 13.8 Å². The van der Waals surface area contributed by atoms with Crippen molar-refractivity contribution in [3.05, 3.63) is 110 Å². The summed E-state index contributed by atoms with van der Waals surface area (Å²) in [4.78, 5) is 33.2. The summed E-state index contributed by atoms with van der Waals surface area (Å²) >= 11 is 12.4. The Morgan fingerprint density at radius 2 is 1.76 bits per heavy atom. The number of pyridine rings is 1. The van der Waals surface area contributed by atoms with Crippen LogP contribution in [0.1, 0.15) is 44.0 Å². The van der Waals surface area contributed by atoms with Crippen LogP contribution in [0.5, 0.6) is 0 Å². The summed E-state index contributed by atoms with van der Waals surface area (Å²) in [5.41, 5.74) is 5.00. The number of halogens is 2. The van der Waals surface area contributed by atoms with Crippen molar-refractivity contribution in [1.29, 1.82) is 0 Å². The molecule has 210 valence electrons. The van der Waals surface area contributed by atoms with Crippen LogP contribution in [-0.4, -0.2) is 36.7 Å². The molecule has 1 aliphatic heterocycles. The molecule has 5 rings (SSSR count). The summed E-state index contributed by atoms with van der Waals surface area (Å²) in [5.74, 6) is -0.990. The number of aromatic nitrogens is 2. The Bertz CT molecular complexity index is 1800. The summed E-state index contributed by atoms with van der Waals surface area (Å²) in [6.45, 7) is 4.05. The average Bonchev–Trinajstić information content (AvgIpc) is 3.40. The molecule has 3 N–H and O–H groups in total. The van der Waals surface area contributed by atoms with Gasteiger partial charge in [-0.15, -0.1) is 0 Å². The van der Waals surface area contributed by atoms with Crippen molar-refractivity contribution in [3.8, 4) is 0 Å². The van der Waals surface area contributed by atoms with Gasteiger partial charge in [-0.25, -0.2) is 8.42 Å². The highest BCUT2D eigenvalue weighted by Crippen LogP contribution is 2.37. The van der Waals surface area contributed by atoms with Crippen molar-refractivity contribution < 1.29 is 18.0 Å². The first-order valence-electron chi connectivity index (χ1n) is 12.7. The quantitative estimate of drug-likeness (QED) is 0.219. The van der Waals surface area contributed by atoms with E-state index in [1.54, 1.807) is 56.6 Å².